The summed E-state index contributed by atoms with van der Waals surface area (Å²) in [4.78, 5) is 1.18. The van der Waals surface area contributed by atoms with E-state index in [0.29, 0.717) is 0 Å². The van der Waals surface area contributed by atoms with E-state index in [-0.39, 0.29) is 18.1 Å². The minimum absolute atomic E-state index is 0.0718. The van der Waals surface area contributed by atoms with Crippen molar-refractivity contribution in [1.82, 2.24) is 0 Å². The van der Waals surface area contributed by atoms with Gasteiger partial charge in [0.2, 0.25) is 0 Å². The van der Waals surface area contributed by atoms with Crippen LogP contribution in [0.3, 0.4) is 0 Å². The van der Waals surface area contributed by atoms with Crippen LogP contribution in [0.1, 0.15) is 30.3 Å². The molecule has 0 saturated carbocycles. The van der Waals surface area contributed by atoms with Crippen LogP contribution >= 0.6 is 11.3 Å². The van der Waals surface area contributed by atoms with E-state index in [9.17, 15) is 5.11 Å². The van der Waals surface area contributed by atoms with Crippen LogP contribution in [-0.2, 0) is 0 Å². The smallest absolute Gasteiger partial charge is 0.0500 e. The molecule has 0 amide bonds. The fourth-order valence-electron chi connectivity index (χ4n) is 1.16. The number of aliphatic hydroxyl groups excluding tert-OH is 1. The summed E-state index contributed by atoms with van der Waals surface area (Å²) < 4.78 is 0. The Morgan fingerprint density at radius 2 is 2.23 bits per heavy atom. The second kappa shape index (κ2) is 3.78. The maximum Gasteiger partial charge on any atom is 0.0500 e. The Labute approximate surface area is 83.4 Å². The fourth-order valence-corrected chi connectivity index (χ4v) is 2.29. The summed E-state index contributed by atoms with van der Waals surface area (Å²) in [6.07, 6.45) is 0. The number of aryl methyl sites for hydroxylation is 1. The molecule has 0 saturated heterocycles. The van der Waals surface area contributed by atoms with Gasteiger partial charge >= 0.3 is 0 Å². The van der Waals surface area contributed by atoms with Gasteiger partial charge in [-0.1, -0.05) is 13.8 Å². The first-order valence-electron chi connectivity index (χ1n) is 4.39. The molecule has 0 aliphatic heterocycles. The Hall–Kier alpha value is -0.380. The van der Waals surface area contributed by atoms with Crippen LogP contribution in [-0.4, -0.2) is 11.7 Å². The van der Waals surface area contributed by atoms with Gasteiger partial charge in [-0.05, 0) is 23.9 Å². The molecule has 1 unspecified atom stereocenters. The van der Waals surface area contributed by atoms with Crippen molar-refractivity contribution in [3.05, 3.63) is 21.9 Å². The molecule has 0 fully saturated rings. The van der Waals surface area contributed by atoms with Gasteiger partial charge in [-0.2, -0.15) is 0 Å². The van der Waals surface area contributed by atoms with E-state index < -0.39 is 0 Å². The van der Waals surface area contributed by atoms with Crippen molar-refractivity contribution >= 4 is 11.3 Å². The molecule has 2 nitrogen and oxygen atoms in total. The van der Waals surface area contributed by atoms with E-state index >= 15 is 0 Å². The zero-order chi connectivity index (χ0) is 10.1. The molecule has 74 valence electrons. The van der Waals surface area contributed by atoms with Crippen LogP contribution in [0.4, 0.5) is 0 Å². The highest BCUT2D eigenvalue weighted by Crippen LogP contribution is 2.34. The van der Waals surface area contributed by atoms with Gasteiger partial charge in [-0.15, -0.1) is 11.3 Å². The van der Waals surface area contributed by atoms with Gasteiger partial charge in [0.05, 0.1) is 6.61 Å². The first-order chi connectivity index (χ1) is 5.99. The van der Waals surface area contributed by atoms with E-state index in [0.717, 1.165) is 0 Å². The molecule has 13 heavy (non-hydrogen) atoms. The molecule has 3 heteroatoms. The lowest BCUT2D eigenvalue weighted by atomic mass is 9.84. The predicted octanol–water partition coefficient (Wildman–Crippen LogP) is 2.07. The Kier molecular flexibility index (Phi) is 3.11. The van der Waals surface area contributed by atoms with Gasteiger partial charge in [0.25, 0.3) is 0 Å². The highest BCUT2D eigenvalue weighted by Gasteiger charge is 2.28. The van der Waals surface area contributed by atoms with Gasteiger partial charge in [-0.3, -0.25) is 0 Å². The third-order valence-electron chi connectivity index (χ3n) is 2.43. The lowest BCUT2D eigenvalue weighted by Gasteiger charge is -2.29. The van der Waals surface area contributed by atoms with Crippen molar-refractivity contribution in [1.29, 1.82) is 0 Å². The summed E-state index contributed by atoms with van der Waals surface area (Å²) in [5, 5.41) is 11.2. The van der Waals surface area contributed by atoms with E-state index in [4.69, 9.17) is 5.73 Å². The summed E-state index contributed by atoms with van der Waals surface area (Å²) in [6, 6.07) is 1.99. The zero-order valence-electron chi connectivity index (χ0n) is 8.37. The lowest BCUT2D eigenvalue weighted by Crippen LogP contribution is -2.32. The Balaban J connectivity index is 2.91. The molecule has 0 aliphatic carbocycles. The van der Waals surface area contributed by atoms with Gasteiger partial charge in [-0.25, -0.2) is 0 Å². The Morgan fingerprint density at radius 1 is 1.62 bits per heavy atom. The van der Waals surface area contributed by atoms with Crippen LogP contribution in [0.25, 0.3) is 0 Å². The average molecular weight is 199 g/mol. The zero-order valence-corrected chi connectivity index (χ0v) is 9.19. The molecule has 1 aromatic heterocycles. The summed E-state index contributed by atoms with van der Waals surface area (Å²) in [5.74, 6) is 0. The van der Waals surface area contributed by atoms with E-state index in [1.54, 1.807) is 11.3 Å². The van der Waals surface area contributed by atoms with Gasteiger partial charge < -0.3 is 10.8 Å². The highest BCUT2D eigenvalue weighted by molar-refractivity contribution is 7.10. The standard InChI is InChI=1S/C10H17NOS/c1-7-4-5-13-8(7)9(11)10(2,3)6-12/h4-5,9,12H,6,11H2,1-3H3. The molecule has 1 aromatic rings. The molecule has 0 aromatic carbocycles. The summed E-state index contributed by atoms with van der Waals surface area (Å²) in [6.45, 7) is 6.14. The number of hydrogen-bond donors (Lipinski definition) is 2. The monoisotopic (exact) mass is 199 g/mol. The maximum absolute atomic E-state index is 9.18. The molecule has 0 aliphatic rings. The molecule has 0 bridgehead atoms. The van der Waals surface area contributed by atoms with Gasteiger partial charge in [0.15, 0.2) is 0 Å². The molecule has 3 N–H and O–H groups in total. The SMILES string of the molecule is Cc1ccsc1C(N)C(C)(C)CO. The molecule has 1 rings (SSSR count). The number of hydrogen-bond acceptors (Lipinski definition) is 3. The molecule has 1 heterocycles. The van der Waals surface area contributed by atoms with E-state index in [1.807, 2.05) is 19.2 Å². The maximum atomic E-state index is 9.18. The van der Waals surface area contributed by atoms with Crippen molar-refractivity contribution in [3.8, 4) is 0 Å². The Bertz CT molecular complexity index is 280. The van der Waals surface area contributed by atoms with E-state index in [2.05, 4.69) is 13.0 Å². The van der Waals surface area contributed by atoms with Gasteiger partial charge in [0, 0.05) is 16.3 Å². The first-order valence-corrected chi connectivity index (χ1v) is 5.27. The Morgan fingerprint density at radius 3 is 2.62 bits per heavy atom. The van der Waals surface area contributed by atoms with Crippen LogP contribution in [0.2, 0.25) is 0 Å². The quantitative estimate of drug-likeness (QED) is 0.783. The number of thiophene rings is 1. The molecular weight excluding hydrogens is 182 g/mol. The summed E-state index contributed by atoms with van der Waals surface area (Å²) in [5.41, 5.74) is 7.06. The van der Waals surface area contributed by atoms with Crippen molar-refractivity contribution in [2.75, 3.05) is 6.61 Å². The van der Waals surface area contributed by atoms with Crippen LogP contribution < -0.4 is 5.73 Å². The molecular formula is C10H17NOS. The second-order valence-electron chi connectivity index (χ2n) is 4.09. The topological polar surface area (TPSA) is 46.2 Å². The predicted molar refractivity (Wildman–Crippen MR) is 56.9 cm³/mol. The van der Waals surface area contributed by atoms with Crippen LogP contribution in [0, 0.1) is 12.3 Å². The van der Waals surface area contributed by atoms with Crippen LogP contribution in [0.5, 0.6) is 0 Å². The van der Waals surface area contributed by atoms with Crippen molar-refractivity contribution in [3.63, 3.8) is 0 Å². The van der Waals surface area contributed by atoms with Crippen molar-refractivity contribution in [2.24, 2.45) is 11.1 Å². The van der Waals surface area contributed by atoms with E-state index in [1.165, 1.54) is 10.4 Å². The van der Waals surface area contributed by atoms with Crippen LogP contribution in [0.15, 0.2) is 11.4 Å². The highest BCUT2D eigenvalue weighted by atomic mass is 32.1. The minimum Gasteiger partial charge on any atom is -0.396 e. The second-order valence-corrected chi connectivity index (χ2v) is 5.04. The van der Waals surface area contributed by atoms with Crippen molar-refractivity contribution < 1.29 is 5.11 Å². The average Bonchev–Trinajstić information content (AvgIpc) is 2.50. The van der Waals surface area contributed by atoms with Crippen molar-refractivity contribution in [2.45, 2.75) is 26.8 Å². The molecule has 0 radical (unpaired) electrons. The number of nitrogens with two attached hydrogens (primary N) is 1. The normalized spacial score (nSPS) is 14.5. The largest absolute Gasteiger partial charge is 0.396 e. The lowest BCUT2D eigenvalue weighted by molar-refractivity contribution is 0.133. The number of aliphatic hydroxyl groups is 1. The minimum atomic E-state index is -0.240. The summed E-state index contributed by atoms with van der Waals surface area (Å²) >= 11 is 1.66. The molecule has 1 atom stereocenters. The molecule has 0 spiro atoms. The number of rotatable bonds is 3. The first kappa shape index (κ1) is 10.7. The van der Waals surface area contributed by atoms with Gasteiger partial charge in [0.1, 0.15) is 0 Å². The third-order valence-corrected chi connectivity index (χ3v) is 3.54. The summed E-state index contributed by atoms with van der Waals surface area (Å²) in [7, 11) is 0. The third kappa shape index (κ3) is 2.10. The fraction of sp³-hybridized carbons (Fsp3) is 0.600.